The molecule has 0 amide bonds. The van der Waals surface area contributed by atoms with Crippen LogP contribution in [0.15, 0.2) is 5.38 Å². The van der Waals surface area contributed by atoms with E-state index in [0.29, 0.717) is 6.04 Å². The number of thiazole rings is 1. The molecule has 2 atom stereocenters. The Morgan fingerprint density at radius 1 is 1.44 bits per heavy atom. The second kappa shape index (κ2) is 6.64. The SMILES string of the molecule is CCCc1nc(CN(C)C2CCCCC2O)cs1. The molecule has 1 saturated carbocycles. The molecular weight excluding hydrogens is 244 g/mol. The Hall–Kier alpha value is -0.450. The van der Waals surface area contributed by atoms with Gasteiger partial charge in [0.25, 0.3) is 0 Å². The number of hydrogen-bond donors (Lipinski definition) is 1. The molecule has 2 rings (SSSR count). The fraction of sp³-hybridized carbons (Fsp3) is 0.786. The van der Waals surface area contributed by atoms with Gasteiger partial charge in [-0.05, 0) is 32.7 Å². The second-order valence-corrected chi connectivity index (χ2v) is 6.26. The number of nitrogens with zero attached hydrogens (tertiary/aromatic N) is 2. The van der Waals surface area contributed by atoms with Crippen molar-refractivity contribution in [3.63, 3.8) is 0 Å². The van der Waals surface area contributed by atoms with E-state index in [1.54, 1.807) is 11.3 Å². The van der Waals surface area contributed by atoms with Gasteiger partial charge in [0, 0.05) is 18.0 Å². The molecule has 102 valence electrons. The molecule has 1 heterocycles. The molecule has 3 nitrogen and oxygen atoms in total. The maximum absolute atomic E-state index is 10.0. The zero-order valence-corrected chi connectivity index (χ0v) is 12.2. The molecule has 0 bridgehead atoms. The number of aliphatic hydroxyl groups is 1. The first-order valence-corrected chi connectivity index (χ1v) is 7.90. The Bertz CT molecular complexity index is 366. The molecule has 1 aliphatic rings. The normalized spacial score (nSPS) is 24.7. The minimum atomic E-state index is -0.155. The maximum Gasteiger partial charge on any atom is 0.0928 e. The fourth-order valence-electron chi connectivity index (χ4n) is 2.73. The lowest BCUT2D eigenvalue weighted by Gasteiger charge is -2.34. The molecule has 2 unspecified atom stereocenters. The van der Waals surface area contributed by atoms with Gasteiger partial charge in [0.15, 0.2) is 0 Å². The minimum Gasteiger partial charge on any atom is -0.391 e. The summed E-state index contributed by atoms with van der Waals surface area (Å²) in [6, 6.07) is 0.315. The van der Waals surface area contributed by atoms with Gasteiger partial charge in [-0.15, -0.1) is 11.3 Å². The summed E-state index contributed by atoms with van der Waals surface area (Å²) in [7, 11) is 2.11. The number of rotatable bonds is 5. The van der Waals surface area contributed by atoms with Crippen LogP contribution in [0.25, 0.3) is 0 Å². The van der Waals surface area contributed by atoms with Crippen molar-refractivity contribution in [2.45, 2.75) is 64.1 Å². The molecule has 0 radical (unpaired) electrons. The number of aromatic nitrogens is 1. The molecule has 1 N–H and O–H groups in total. The van der Waals surface area contributed by atoms with E-state index >= 15 is 0 Å². The first kappa shape index (κ1) is 14.0. The molecule has 1 fully saturated rings. The van der Waals surface area contributed by atoms with Crippen LogP contribution < -0.4 is 0 Å². The van der Waals surface area contributed by atoms with Crippen molar-refractivity contribution in [2.24, 2.45) is 0 Å². The van der Waals surface area contributed by atoms with E-state index in [1.165, 1.54) is 17.8 Å². The molecule has 1 aromatic heterocycles. The van der Waals surface area contributed by atoms with E-state index < -0.39 is 0 Å². The summed E-state index contributed by atoms with van der Waals surface area (Å²) < 4.78 is 0. The van der Waals surface area contributed by atoms with Gasteiger partial charge >= 0.3 is 0 Å². The van der Waals surface area contributed by atoms with E-state index in [0.717, 1.165) is 37.9 Å². The first-order valence-electron chi connectivity index (χ1n) is 7.02. The summed E-state index contributed by atoms with van der Waals surface area (Å²) in [4.78, 5) is 6.93. The molecule has 0 spiro atoms. The lowest BCUT2D eigenvalue weighted by Crippen LogP contribution is -2.42. The Morgan fingerprint density at radius 2 is 2.22 bits per heavy atom. The van der Waals surface area contributed by atoms with E-state index in [1.807, 2.05) is 0 Å². The number of likely N-dealkylation sites (N-methyl/N-ethyl adjacent to an activating group) is 1. The lowest BCUT2D eigenvalue weighted by molar-refractivity contribution is 0.0284. The van der Waals surface area contributed by atoms with Crippen molar-refractivity contribution in [3.8, 4) is 0 Å². The van der Waals surface area contributed by atoms with Gasteiger partial charge in [0.1, 0.15) is 0 Å². The van der Waals surface area contributed by atoms with Crippen molar-refractivity contribution in [1.82, 2.24) is 9.88 Å². The molecule has 1 aliphatic carbocycles. The van der Waals surface area contributed by atoms with Gasteiger partial charge in [-0.2, -0.15) is 0 Å². The second-order valence-electron chi connectivity index (χ2n) is 5.32. The highest BCUT2D eigenvalue weighted by atomic mass is 32.1. The van der Waals surface area contributed by atoms with Crippen LogP contribution in [0.5, 0.6) is 0 Å². The predicted molar refractivity (Wildman–Crippen MR) is 75.8 cm³/mol. The summed E-state index contributed by atoms with van der Waals surface area (Å²) >= 11 is 1.76. The highest BCUT2D eigenvalue weighted by Crippen LogP contribution is 2.24. The van der Waals surface area contributed by atoms with Crippen LogP contribution in [-0.2, 0) is 13.0 Å². The summed E-state index contributed by atoms with van der Waals surface area (Å²) in [6.45, 7) is 3.05. The summed E-state index contributed by atoms with van der Waals surface area (Å²) in [6.07, 6.45) is 6.56. The van der Waals surface area contributed by atoms with Crippen molar-refractivity contribution < 1.29 is 5.11 Å². The maximum atomic E-state index is 10.0. The molecule has 0 aliphatic heterocycles. The Morgan fingerprint density at radius 3 is 2.94 bits per heavy atom. The zero-order chi connectivity index (χ0) is 13.0. The lowest BCUT2D eigenvalue weighted by atomic mass is 9.91. The molecular formula is C14H24N2OS. The summed E-state index contributed by atoms with van der Waals surface area (Å²) in [5.41, 5.74) is 1.16. The monoisotopic (exact) mass is 268 g/mol. The molecule has 1 aromatic rings. The van der Waals surface area contributed by atoms with Crippen LogP contribution in [0.2, 0.25) is 0 Å². The minimum absolute atomic E-state index is 0.155. The third-order valence-electron chi connectivity index (χ3n) is 3.73. The number of aryl methyl sites for hydroxylation is 1. The van der Waals surface area contributed by atoms with Crippen LogP contribution in [0.3, 0.4) is 0 Å². The van der Waals surface area contributed by atoms with Gasteiger partial charge in [0.2, 0.25) is 0 Å². The van der Waals surface area contributed by atoms with Crippen LogP contribution in [-0.4, -0.2) is 34.2 Å². The van der Waals surface area contributed by atoms with Gasteiger partial charge in [-0.1, -0.05) is 19.8 Å². The van der Waals surface area contributed by atoms with Crippen LogP contribution in [0.1, 0.15) is 49.7 Å². The van der Waals surface area contributed by atoms with Gasteiger partial charge in [0.05, 0.1) is 16.8 Å². The Balaban J connectivity index is 1.90. The number of hydrogen-bond acceptors (Lipinski definition) is 4. The third-order valence-corrected chi connectivity index (χ3v) is 4.69. The van der Waals surface area contributed by atoms with E-state index in [2.05, 4.69) is 29.2 Å². The standard InChI is InChI=1S/C14H24N2OS/c1-3-6-14-15-11(10-18-14)9-16(2)12-7-4-5-8-13(12)17/h10,12-13,17H,3-9H2,1-2H3. The zero-order valence-electron chi connectivity index (χ0n) is 11.4. The van der Waals surface area contributed by atoms with Crippen LogP contribution in [0, 0.1) is 0 Å². The quantitative estimate of drug-likeness (QED) is 0.892. The Labute approximate surface area is 114 Å². The molecule has 0 saturated heterocycles. The van der Waals surface area contributed by atoms with E-state index in [9.17, 15) is 5.11 Å². The highest BCUT2D eigenvalue weighted by Gasteiger charge is 2.26. The average molecular weight is 268 g/mol. The predicted octanol–water partition coefficient (Wildman–Crippen LogP) is 2.83. The van der Waals surface area contributed by atoms with Gasteiger partial charge in [-0.25, -0.2) is 4.98 Å². The van der Waals surface area contributed by atoms with E-state index in [4.69, 9.17) is 0 Å². The summed E-state index contributed by atoms with van der Waals surface area (Å²) in [5, 5.41) is 13.5. The van der Waals surface area contributed by atoms with Crippen molar-refractivity contribution in [1.29, 1.82) is 0 Å². The molecule has 4 heteroatoms. The van der Waals surface area contributed by atoms with Gasteiger partial charge in [-0.3, -0.25) is 4.90 Å². The molecule has 0 aromatic carbocycles. The largest absolute Gasteiger partial charge is 0.391 e. The Kier molecular flexibility index (Phi) is 5.15. The topological polar surface area (TPSA) is 36.4 Å². The fourth-order valence-corrected chi connectivity index (χ4v) is 3.62. The number of aliphatic hydroxyl groups excluding tert-OH is 1. The van der Waals surface area contributed by atoms with Crippen LogP contribution >= 0.6 is 11.3 Å². The summed E-state index contributed by atoms with van der Waals surface area (Å²) in [5.74, 6) is 0. The van der Waals surface area contributed by atoms with Crippen molar-refractivity contribution in [3.05, 3.63) is 16.1 Å². The average Bonchev–Trinajstić information content (AvgIpc) is 2.77. The smallest absolute Gasteiger partial charge is 0.0928 e. The third kappa shape index (κ3) is 3.53. The van der Waals surface area contributed by atoms with E-state index in [-0.39, 0.29) is 6.10 Å². The van der Waals surface area contributed by atoms with Crippen molar-refractivity contribution in [2.75, 3.05) is 7.05 Å². The molecule has 18 heavy (non-hydrogen) atoms. The highest BCUT2D eigenvalue weighted by molar-refractivity contribution is 7.09. The first-order chi connectivity index (χ1) is 8.70. The van der Waals surface area contributed by atoms with Gasteiger partial charge < -0.3 is 5.11 Å². The van der Waals surface area contributed by atoms with Crippen molar-refractivity contribution >= 4 is 11.3 Å². The van der Waals surface area contributed by atoms with Crippen LogP contribution in [0.4, 0.5) is 0 Å².